The molecule has 0 amide bonds. The van der Waals surface area contributed by atoms with Crippen molar-refractivity contribution in [1.82, 2.24) is 20.6 Å². The van der Waals surface area contributed by atoms with Crippen LogP contribution in [0.5, 0.6) is 0 Å². The Kier molecular flexibility index (Phi) is 4.00. The first-order chi connectivity index (χ1) is 10.6. The van der Waals surface area contributed by atoms with Crippen LogP contribution in [0.4, 0.5) is 0 Å². The standard InChI is InChI=1S/C18H20N4/c1-12(2)10-14-11-13(3)8-9-15(14)16-6-4-5-7-17(16)18-19-21-22-20-18/h4-9,11-12H,10H2,1-3H3,(H,19,20,21,22). The summed E-state index contributed by atoms with van der Waals surface area (Å²) < 4.78 is 0. The minimum absolute atomic E-state index is 0.609. The Balaban J connectivity index is 2.16. The minimum Gasteiger partial charge on any atom is -0.177 e. The van der Waals surface area contributed by atoms with Gasteiger partial charge >= 0.3 is 0 Å². The summed E-state index contributed by atoms with van der Waals surface area (Å²) in [5.74, 6) is 1.24. The molecule has 3 rings (SSSR count). The number of aryl methyl sites for hydroxylation is 1. The fraction of sp³-hybridized carbons (Fsp3) is 0.278. The van der Waals surface area contributed by atoms with Gasteiger partial charge in [-0.05, 0) is 41.2 Å². The van der Waals surface area contributed by atoms with Crippen molar-refractivity contribution in [1.29, 1.82) is 0 Å². The number of hydrogen-bond acceptors (Lipinski definition) is 3. The van der Waals surface area contributed by atoms with Crippen LogP contribution in [0.25, 0.3) is 22.5 Å². The van der Waals surface area contributed by atoms with Gasteiger partial charge in [0, 0.05) is 5.56 Å². The lowest BCUT2D eigenvalue weighted by Gasteiger charge is -2.15. The zero-order chi connectivity index (χ0) is 15.5. The molecule has 4 nitrogen and oxygen atoms in total. The number of tetrazole rings is 1. The molecule has 1 heterocycles. The van der Waals surface area contributed by atoms with E-state index in [0.717, 1.165) is 17.5 Å². The van der Waals surface area contributed by atoms with Crippen molar-refractivity contribution in [2.45, 2.75) is 27.2 Å². The summed E-state index contributed by atoms with van der Waals surface area (Å²) >= 11 is 0. The third kappa shape index (κ3) is 2.91. The lowest BCUT2D eigenvalue weighted by atomic mass is 9.90. The van der Waals surface area contributed by atoms with Crippen molar-refractivity contribution < 1.29 is 0 Å². The zero-order valence-electron chi connectivity index (χ0n) is 13.2. The molecule has 0 unspecified atom stereocenters. The first-order valence-corrected chi connectivity index (χ1v) is 7.58. The molecule has 2 aromatic carbocycles. The Hall–Kier alpha value is -2.49. The number of benzene rings is 2. The van der Waals surface area contributed by atoms with Gasteiger partial charge in [-0.3, -0.25) is 0 Å². The van der Waals surface area contributed by atoms with Crippen molar-refractivity contribution in [3.05, 3.63) is 53.6 Å². The average molecular weight is 292 g/mol. The molecule has 0 spiro atoms. The van der Waals surface area contributed by atoms with Crippen LogP contribution in [0.15, 0.2) is 42.5 Å². The van der Waals surface area contributed by atoms with Gasteiger partial charge in [0.1, 0.15) is 0 Å². The average Bonchev–Trinajstić information content (AvgIpc) is 3.01. The second-order valence-corrected chi connectivity index (χ2v) is 6.04. The van der Waals surface area contributed by atoms with Crippen molar-refractivity contribution in [2.75, 3.05) is 0 Å². The number of rotatable bonds is 4. The quantitative estimate of drug-likeness (QED) is 0.789. The van der Waals surface area contributed by atoms with E-state index in [1.54, 1.807) is 0 Å². The number of nitrogens with one attached hydrogen (secondary N) is 1. The van der Waals surface area contributed by atoms with Gasteiger partial charge < -0.3 is 0 Å². The maximum absolute atomic E-state index is 4.13. The van der Waals surface area contributed by atoms with E-state index < -0.39 is 0 Å². The number of nitrogens with zero attached hydrogens (tertiary/aromatic N) is 3. The Bertz CT molecular complexity index is 761. The van der Waals surface area contributed by atoms with Crippen LogP contribution >= 0.6 is 0 Å². The Labute approximate surface area is 130 Å². The maximum atomic E-state index is 4.13. The molecule has 22 heavy (non-hydrogen) atoms. The Morgan fingerprint density at radius 3 is 2.45 bits per heavy atom. The van der Waals surface area contributed by atoms with E-state index in [2.05, 4.69) is 71.7 Å². The van der Waals surface area contributed by atoms with E-state index in [-0.39, 0.29) is 0 Å². The second-order valence-electron chi connectivity index (χ2n) is 6.04. The van der Waals surface area contributed by atoms with Crippen LogP contribution in [-0.4, -0.2) is 20.6 Å². The molecule has 0 fully saturated rings. The van der Waals surface area contributed by atoms with E-state index in [0.29, 0.717) is 11.7 Å². The van der Waals surface area contributed by atoms with Crippen LogP contribution in [0, 0.1) is 12.8 Å². The highest BCUT2D eigenvalue weighted by Gasteiger charge is 2.14. The highest BCUT2D eigenvalue weighted by atomic mass is 15.5. The number of H-pyrrole nitrogens is 1. The van der Waals surface area contributed by atoms with Gasteiger partial charge in [0.2, 0.25) is 5.82 Å². The second kappa shape index (κ2) is 6.10. The van der Waals surface area contributed by atoms with Gasteiger partial charge in [-0.2, -0.15) is 5.21 Å². The highest BCUT2D eigenvalue weighted by molar-refractivity contribution is 5.82. The minimum atomic E-state index is 0.609. The topological polar surface area (TPSA) is 54.5 Å². The molecule has 0 aliphatic heterocycles. The molecule has 3 aromatic rings. The van der Waals surface area contributed by atoms with Crippen molar-refractivity contribution >= 4 is 0 Å². The van der Waals surface area contributed by atoms with Gasteiger partial charge in [-0.25, -0.2) is 0 Å². The SMILES string of the molecule is Cc1ccc(-c2ccccc2-c2nn[nH]n2)c(CC(C)C)c1. The smallest absolute Gasteiger partial charge is 0.177 e. The fourth-order valence-corrected chi connectivity index (χ4v) is 2.78. The van der Waals surface area contributed by atoms with Gasteiger partial charge in [0.05, 0.1) is 0 Å². The molecule has 0 saturated carbocycles. The summed E-state index contributed by atoms with van der Waals surface area (Å²) in [6.45, 7) is 6.63. The molecule has 0 radical (unpaired) electrons. The van der Waals surface area contributed by atoms with E-state index in [1.807, 2.05) is 12.1 Å². The van der Waals surface area contributed by atoms with Crippen LogP contribution in [-0.2, 0) is 6.42 Å². The molecular weight excluding hydrogens is 272 g/mol. The van der Waals surface area contributed by atoms with Gasteiger partial charge in [-0.1, -0.05) is 61.9 Å². The molecule has 0 aliphatic rings. The van der Waals surface area contributed by atoms with Crippen molar-refractivity contribution in [3.8, 4) is 22.5 Å². The summed E-state index contributed by atoms with van der Waals surface area (Å²) in [7, 11) is 0. The first-order valence-electron chi connectivity index (χ1n) is 7.58. The molecule has 0 atom stereocenters. The fourth-order valence-electron chi connectivity index (χ4n) is 2.78. The van der Waals surface area contributed by atoms with E-state index in [9.17, 15) is 0 Å². The third-order valence-corrected chi connectivity index (χ3v) is 3.69. The molecular formula is C18H20N4. The Morgan fingerprint density at radius 1 is 1.00 bits per heavy atom. The zero-order valence-corrected chi connectivity index (χ0v) is 13.2. The molecule has 0 bridgehead atoms. The summed E-state index contributed by atoms with van der Waals surface area (Å²) in [5.41, 5.74) is 6.06. The summed E-state index contributed by atoms with van der Waals surface area (Å²) in [6.07, 6.45) is 1.05. The van der Waals surface area contributed by atoms with E-state index in [4.69, 9.17) is 0 Å². The molecule has 112 valence electrons. The molecule has 4 heteroatoms. The predicted octanol–water partition coefficient (Wildman–Crippen LogP) is 4.04. The summed E-state index contributed by atoms with van der Waals surface area (Å²) in [5, 5.41) is 14.5. The molecule has 0 saturated heterocycles. The molecule has 1 aromatic heterocycles. The number of hydrogen-bond donors (Lipinski definition) is 1. The third-order valence-electron chi connectivity index (χ3n) is 3.69. The lowest BCUT2D eigenvalue weighted by molar-refractivity contribution is 0.648. The van der Waals surface area contributed by atoms with Crippen LogP contribution in [0.1, 0.15) is 25.0 Å². The van der Waals surface area contributed by atoms with Gasteiger partial charge in [0.25, 0.3) is 0 Å². The lowest BCUT2D eigenvalue weighted by Crippen LogP contribution is -1.99. The Morgan fingerprint density at radius 2 is 1.77 bits per heavy atom. The first kappa shape index (κ1) is 14.4. The van der Waals surface area contributed by atoms with E-state index in [1.165, 1.54) is 16.7 Å². The van der Waals surface area contributed by atoms with Gasteiger partial charge in [0.15, 0.2) is 0 Å². The van der Waals surface area contributed by atoms with Crippen LogP contribution in [0.2, 0.25) is 0 Å². The normalized spacial score (nSPS) is 11.1. The van der Waals surface area contributed by atoms with Crippen LogP contribution < -0.4 is 0 Å². The maximum Gasteiger partial charge on any atom is 0.205 e. The summed E-state index contributed by atoms with van der Waals surface area (Å²) in [6, 6.07) is 14.9. The predicted molar refractivity (Wildman–Crippen MR) is 88.3 cm³/mol. The summed E-state index contributed by atoms with van der Waals surface area (Å²) in [4.78, 5) is 0. The molecule has 0 aliphatic carbocycles. The number of aromatic amines is 1. The number of aromatic nitrogens is 4. The monoisotopic (exact) mass is 292 g/mol. The van der Waals surface area contributed by atoms with Crippen molar-refractivity contribution in [2.24, 2.45) is 5.92 Å². The highest BCUT2D eigenvalue weighted by Crippen LogP contribution is 2.33. The van der Waals surface area contributed by atoms with Crippen LogP contribution in [0.3, 0.4) is 0 Å². The molecule has 1 N–H and O–H groups in total. The van der Waals surface area contributed by atoms with Crippen molar-refractivity contribution in [3.63, 3.8) is 0 Å². The van der Waals surface area contributed by atoms with E-state index >= 15 is 0 Å². The largest absolute Gasteiger partial charge is 0.205 e. The van der Waals surface area contributed by atoms with Gasteiger partial charge in [-0.15, -0.1) is 10.2 Å².